The van der Waals surface area contributed by atoms with Crippen molar-refractivity contribution in [3.05, 3.63) is 52.3 Å². The van der Waals surface area contributed by atoms with Crippen LogP contribution in [-0.4, -0.2) is 9.78 Å². The Hall–Kier alpha value is -1.49. The molecular weight excluding hydrogens is 265 g/mol. The fourth-order valence-corrected chi connectivity index (χ4v) is 1.83. The summed E-state index contributed by atoms with van der Waals surface area (Å²) in [7, 11) is 0. The summed E-state index contributed by atoms with van der Waals surface area (Å²) in [5, 5.41) is 3.44. The third kappa shape index (κ3) is 2.85. The number of benzene rings is 1. The number of halogens is 4. The van der Waals surface area contributed by atoms with Crippen LogP contribution in [0.25, 0.3) is 0 Å². The Morgan fingerprint density at radius 3 is 2.56 bits per heavy atom. The number of alkyl halides is 3. The minimum Gasteiger partial charge on any atom is -0.249 e. The summed E-state index contributed by atoms with van der Waals surface area (Å²) >= 11 is 5.74. The van der Waals surface area contributed by atoms with E-state index in [1.54, 1.807) is 0 Å². The first-order valence-electron chi connectivity index (χ1n) is 5.22. The average molecular weight is 275 g/mol. The Balaban J connectivity index is 2.27. The van der Waals surface area contributed by atoms with Crippen LogP contribution < -0.4 is 0 Å². The van der Waals surface area contributed by atoms with E-state index in [1.165, 1.54) is 0 Å². The molecule has 2 aromatic rings. The van der Waals surface area contributed by atoms with E-state index in [-0.39, 0.29) is 11.7 Å². The summed E-state index contributed by atoms with van der Waals surface area (Å²) in [5.41, 5.74) is 0.917. The summed E-state index contributed by atoms with van der Waals surface area (Å²) in [6.07, 6.45) is -4.47. The zero-order chi connectivity index (χ0) is 13.3. The van der Waals surface area contributed by atoms with E-state index in [1.807, 2.05) is 31.2 Å². The summed E-state index contributed by atoms with van der Waals surface area (Å²) in [4.78, 5) is 0. The van der Waals surface area contributed by atoms with Crippen LogP contribution >= 0.6 is 11.6 Å². The quantitative estimate of drug-likeness (QED) is 0.812. The third-order valence-electron chi connectivity index (χ3n) is 2.44. The van der Waals surface area contributed by atoms with Gasteiger partial charge in [0.1, 0.15) is 5.15 Å². The highest BCUT2D eigenvalue weighted by Gasteiger charge is 2.34. The van der Waals surface area contributed by atoms with E-state index < -0.39 is 11.9 Å². The largest absolute Gasteiger partial charge is 0.435 e. The van der Waals surface area contributed by atoms with Gasteiger partial charge < -0.3 is 0 Å². The van der Waals surface area contributed by atoms with Crippen LogP contribution in [0.5, 0.6) is 0 Å². The van der Waals surface area contributed by atoms with Crippen LogP contribution in [0.15, 0.2) is 30.3 Å². The Morgan fingerprint density at radius 1 is 1.28 bits per heavy atom. The van der Waals surface area contributed by atoms with Gasteiger partial charge in [0, 0.05) is 6.07 Å². The van der Waals surface area contributed by atoms with Gasteiger partial charge in [-0.2, -0.15) is 18.3 Å². The number of aromatic nitrogens is 2. The molecule has 0 saturated heterocycles. The minimum atomic E-state index is -4.47. The Morgan fingerprint density at radius 2 is 2.00 bits per heavy atom. The first kappa shape index (κ1) is 13.0. The van der Waals surface area contributed by atoms with Crippen molar-refractivity contribution in [2.75, 3.05) is 0 Å². The van der Waals surface area contributed by atoms with Crippen LogP contribution in [0.2, 0.25) is 5.15 Å². The molecule has 1 aromatic carbocycles. The number of aryl methyl sites for hydroxylation is 1. The van der Waals surface area contributed by atoms with Crippen molar-refractivity contribution in [3.63, 3.8) is 0 Å². The molecule has 18 heavy (non-hydrogen) atoms. The van der Waals surface area contributed by atoms with Crippen molar-refractivity contribution in [1.82, 2.24) is 9.78 Å². The molecule has 1 aromatic heterocycles. The van der Waals surface area contributed by atoms with Crippen LogP contribution in [-0.2, 0) is 12.7 Å². The Kier molecular flexibility index (Phi) is 3.34. The SMILES string of the molecule is Cc1cccc(Cn2nc(C(F)(F)F)cc2Cl)c1. The van der Waals surface area contributed by atoms with Crippen molar-refractivity contribution in [1.29, 1.82) is 0 Å². The molecular formula is C12H10ClF3N2. The molecule has 0 bridgehead atoms. The van der Waals surface area contributed by atoms with Gasteiger partial charge >= 0.3 is 6.18 Å². The molecule has 2 nitrogen and oxygen atoms in total. The van der Waals surface area contributed by atoms with E-state index in [0.29, 0.717) is 0 Å². The van der Waals surface area contributed by atoms with Crippen molar-refractivity contribution < 1.29 is 13.2 Å². The smallest absolute Gasteiger partial charge is 0.249 e. The summed E-state index contributed by atoms with van der Waals surface area (Å²) in [6, 6.07) is 8.28. The third-order valence-corrected chi connectivity index (χ3v) is 2.74. The first-order valence-corrected chi connectivity index (χ1v) is 5.60. The van der Waals surface area contributed by atoms with Crippen LogP contribution in [0.1, 0.15) is 16.8 Å². The highest BCUT2D eigenvalue weighted by Crippen LogP contribution is 2.30. The lowest BCUT2D eigenvalue weighted by molar-refractivity contribution is -0.141. The molecule has 0 radical (unpaired) electrons. The van der Waals surface area contributed by atoms with Gasteiger partial charge in [0.05, 0.1) is 6.54 Å². The lowest BCUT2D eigenvalue weighted by atomic mass is 10.1. The highest BCUT2D eigenvalue weighted by atomic mass is 35.5. The average Bonchev–Trinajstić information content (AvgIpc) is 2.60. The molecule has 0 aliphatic heterocycles. The zero-order valence-corrected chi connectivity index (χ0v) is 10.3. The zero-order valence-electron chi connectivity index (χ0n) is 9.50. The molecule has 2 rings (SSSR count). The van der Waals surface area contributed by atoms with Gasteiger partial charge in [-0.05, 0) is 12.5 Å². The molecule has 0 aliphatic carbocycles. The van der Waals surface area contributed by atoms with E-state index in [9.17, 15) is 13.2 Å². The van der Waals surface area contributed by atoms with Gasteiger partial charge in [-0.25, -0.2) is 4.68 Å². The molecule has 1 heterocycles. The summed E-state index contributed by atoms with van der Waals surface area (Å²) in [6.45, 7) is 2.13. The fraction of sp³-hybridized carbons (Fsp3) is 0.250. The summed E-state index contributed by atoms with van der Waals surface area (Å²) < 4.78 is 38.5. The van der Waals surface area contributed by atoms with Crippen molar-refractivity contribution in [2.45, 2.75) is 19.6 Å². The van der Waals surface area contributed by atoms with Crippen molar-refractivity contribution in [2.24, 2.45) is 0 Å². The van der Waals surface area contributed by atoms with E-state index in [4.69, 9.17) is 11.6 Å². The Labute approximate surface area is 107 Å². The van der Waals surface area contributed by atoms with Crippen molar-refractivity contribution in [3.8, 4) is 0 Å². The Bertz CT molecular complexity index is 561. The van der Waals surface area contributed by atoms with Crippen LogP contribution in [0, 0.1) is 6.92 Å². The second-order valence-corrected chi connectivity index (χ2v) is 4.38. The first-order chi connectivity index (χ1) is 8.36. The number of hydrogen-bond donors (Lipinski definition) is 0. The predicted molar refractivity (Wildman–Crippen MR) is 62.5 cm³/mol. The van der Waals surface area contributed by atoms with Gasteiger partial charge in [-0.3, -0.25) is 0 Å². The molecule has 0 N–H and O–H groups in total. The van der Waals surface area contributed by atoms with E-state index in [0.717, 1.165) is 21.9 Å². The van der Waals surface area contributed by atoms with E-state index in [2.05, 4.69) is 5.10 Å². The molecule has 0 amide bonds. The molecule has 0 saturated carbocycles. The maximum atomic E-state index is 12.4. The molecule has 0 unspecified atom stereocenters. The number of hydrogen-bond acceptors (Lipinski definition) is 1. The van der Waals surface area contributed by atoms with Gasteiger partial charge in [-0.1, -0.05) is 41.4 Å². The predicted octanol–water partition coefficient (Wildman–Crippen LogP) is 3.91. The van der Waals surface area contributed by atoms with Gasteiger partial charge in [0.15, 0.2) is 5.69 Å². The topological polar surface area (TPSA) is 17.8 Å². The monoisotopic (exact) mass is 274 g/mol. The second-order valence-electron chi connectivity index (χ2n) is 4.00. The van der Waals surface area contributed by atoms with Gasteiger partial charge in [-0.15, -0.1) is 0 Å². The lowest BCUT2D eigenvalue weighted by Crippen LogP contribution is -2.08. The molecule has 0 spiro atoms. The van der Waals surface area contributed by atoms with Crippen molar-refractivity contribution >= 4 is 11.6 Å². The maximum absolute atomic E-state index is 12.4. The number of rotatable bonds is 2. The molecule has 6 heteroatoms. The summed E-state index contributed by atoms with van der Waals surface area (Å²) in [5.74, 6) is 0. The standard InChI is InChI=1S/C12H10ClF3N2/c1-8-3-2-4-9(5-8)7-18-11(13)6-10(17-18)12(14,15)16/h2-6H,7H2,1H3. The lowest BCUT2D eigenvalue weighted by Gasteiger charge is -2.05. The fourth-order valence-electron chi connectivity index (χ4n) is 1.63. The molecule has 0 fully saturated rings. The van der Waals surface area contributed by atoms with Gasteiger partial charge in [0.2, 0.25) is 0 Å². The molecule has 0 aliphatic rings. The molecule has 0 atom stereocenters. The normalized spacial score (nSPS) is 11.8. The van der Waals surface area contributed by atoms with Crippen LogP contribution in [0.4, 0.5) is 13.2 Å². The second kappa shape index (κ2) is 4.65. The minimum absolute atomic E-state index is 0.0242. The molecule has 96 valence electrons. The highest BCUT2D eigenvalue weighted by molar-refractivity contribution is 6.29. The van der Waals surface area contributed by atoms with Gasteiger partial charge in [0.25, 0.3) is 0 Å². The maximum Gasteiger partial charge on any atom is 0.435 e. The van der Waals surface area contributed by atoms with E-state index >= 15 is 0 Å². The number of nitrogens with zero attached hydrogens (tertiary/aromatic N) is 2. The van der Waals surface area contributed by atoms with Crippen LogP contribution in [0.3, 0.4) is 0 Å².